The third kappa shape index (κ3) is 5.62. The molecule has 2 atom stereocenters. The predicted octanol–water partition coefficient (Wildman–Crippen LogP) is 1.38. The number of sulfonamides is 1. The first-order valence-electron chi connectivity index (χ1n) is 11.7. The molecule has 0 radical (unpaired) electrons. The van der Waals surface area contributed by atoms with Crippen molar-refractivity contribution in [3.05, 3.63) is 65.9 Å². The summed E-state index contributed by atoms with van der Waals surface area (Å²) in [6.07, 6.45) is 1.18. The number of carbonyl (C=O) groups excluding carboxylic acids is 1. The highest BCUT2D eigenvalue weighted by Gasteiger charge is 2.51. The predicted molar refractivity (Wildman–Crippen MR) is 133 cm³/mol. The number of anilines is 1. The van der Waals surface area contributed by atoms with Crippen LogP contribution in [0, 0.1) is 5.21 Å². The summed E-state index contributed by atoms with van der Waals surface area (Å²) in [7, 11) is -2.41. The summed E-state index contributed by atoms with van der Waals surface area (Å²) in [4.78, 5) is 28.1. The van der Waals surface area contributed by atoms with Crippen molar-refractivity contribution in [2.45, 2.75) is 29.3 Å². The lowest BCUT2D eigenvalue weighted by molar-refractivity contribution is -0.849. The first-order chi connectivity index (χ1) is 17.0. The number of urea groups is 1. The molecule has 2 fully saturated rings. The Morgan fingerprint density at radius 2 is 1.67 bits per heavy atom. The van der Waals surface area contributed by atoms with E-state index >= 15 is 0 Å². The van der Waals surface area contributed by atoms with Crippen LogP contribution in [0.15, 0.2) is 65.6 Å². The molecule has 0 aromatic heterocycles. The van der Waals surface area contributed by atoms with Crippen LogP contribution in [0.4, 0.5) is 10.5 Å². The molecule has 4 rings (SSSR count). The Hall–Kier alpha value is -3.19. The molecule has 194 valence electrons. The SMILES string of the molecule is C[N+]1([O-])CN(c2ccccc2)C2(CCN(C(=O)NCC(NS(=O)(=O)c3ccccc3)C(=O)O)CC2)C1. The van der Waals surface area contributed by atoms with Crippen molar-refractivity contribution in [3.8, 4) is 0 Å². The van der Waals surface area contributed by atoms with E-state index in [1.54, 1.807) is 18.0 Å². The number of carboxylic acid groups (broad SMARTS) is 1. The van der Waals surface area contributed by atoms with E-state index in [0.717, 1.165) is 5.69 Å². The summed E-state index contributed by atoms with van der Waals surface area (Å²) in [5, 5.41) is 25.0. The summed E-state index contributed by atoms with van der Waals surface area (Å²) in [6, 6.07) is 15.2. The molecule has 2 saturated heterocycles. The van der Waals surface area contributed by atoms with Crippen LogP contribution in [-0.2, 0) is 14.8 Å². The average molecular weight is 518 g/mol. The van der Waals surface area contributed by atoms with E-state index in [2.05, 4.69) is 14.9 Å². The van der Waals surface area contributed by atoms with Gasteiger partial charge < -0.3 is 30.1 Å². The van der Waals surface area contributed by atoms with Gasteiger partial charge in [-0.2, -0.15) is 4.72 Å². The summed E-state index contributed by atoms with van der Waals surface area (Å²) in [5.74, 6) is -1.40. The minimum Gasteiger partial charge on any atom is -0.632 e. The second-order valence-electron chi connectivity index (χ2n) is 9.58. The molecular weight excluding hydrogens is 486 g/mol. The van der Waals surface area contributed by atoms with E-state index in [9.17, 15) is 28.3 Å². The van der Waals surface area contributed by atoms with Crippen LogP contribution in [0.25, 0.3) is 0 Å². The maximum absolute atomic E-state index is 12.9. The average Bonchev–Trinajstić information content (AvgIpc) is 3.12. The number of carbonyl (C=O) groups is 2. The Balaban J connectivity index is 1.37. The fourth-order valence-corrected chi connectivity index (χ4v) is 6.27. The van der Waals surface area contributed by atoms with Crippen LogP contribution in [0.1, 0.15) is 12.8 Å². The number of hydroxylamine groups is 3. The molecule has 1 spiro atoms. The number of para-hydroxylation sites is 1. The second-order valence-corrected chi connectivity index (χ2v) is 11.3. The van der Waals surface area contributed by atoms with E-state index in [0.29, 0.717) is 39.1 Å². The zero-order valence-electron chi connectivity index (χ0n) is 20.0. The lowest BCUT2D eigenvalue weighted by Crippen LogP contribution is -2.57. The van der Waals surface area contributed by atoms with Gasteiger partial charge in [-0.05, 0) is 37.1 Å². The molecule has 36 heavy (non-hydrogen) atoms. The molecule has 0 bridgehead atoms. The minimum absolute atomic E-state index is 0.0628. The zero-order valence-corrected chi connectivity index (χ0v) is 20.9. The van der Waals surface area contributed by atoms with Crippen molar-refractivity contribution in [1.82, 2.24) is 14.9 Å². The first kappa shape index (κ1) is 25.9. The van der Waals surface area contributed by atoms with Crippen molar-refractivity contribution in [3.63, 3.8) is 0 Å². The van der Waals surface area contributed by atoms with Crippen molar-refractivity contribution >= 4 is 27.7 Å². The number of carboxylic acids is 1. The zero-order chi connectivity index (χ0) is 26.0. The summed E-state index contributed by atoms with van der Waals surface area (Å²) in [6.45, 7) is 1.12. The topological polar surface area (TPSA) is 142 Å². The molecular formula is C24H31N5O6S. The number of likely N-dealkylation sites (N-methyl/N-ethyl adjacent to an activating group) is 1. The third-order valence-electron chi connectivity index (χ3n) is 6.80. The van der Waals surface area contributed by atoms with Crippen LogP contribution in [0.5, 0.6) is 0 Å². The van der Waals surface area contributed by atoms with Gasteiger partial charge in [-0.3, -0.25) is 4.79 Å². The van der Waals surface area contributed by atoms with Crippen molar-refractivity contribution < 1.29 is 27.8 Å². The first-order valence-corrected chi connectivity index (χ1v) is 13.2. The van der Waals surface area contributed by atoms with Gasteiger partial charge in [0.1, 0.15) is 12.6 Å². The maximum Gasteiger partial charge on any atom is 0.323 e. The van der Waals surface area contributed by atoms with Crippen LogP contribution in [0.2, 0.25) is 0 Å². The quantitative estimate of drug-likeness (QED) is 0.372. The van der Waals surface area contributed by atoms with Crippen molar-refractivity contribution in [2.75, 3.05) is 44.8 Å². The number of nitrogens with one attached hydrogen (secondary N) is 2. The van der Waals surface area contributed by atoms with Gasteiger partial charge in [0.15, 0.2) is 6.67 Å². The molecule has 2 aliphatic rings. The Labute approximate surface area is 210 Å². The highest BCUT2D eigenvalue weighted by atomic mass is 32.2. The number of quaternary nitrogens is 1. The number of hydrogen-bond donors (Lipinski definition) is 3. The lowest BCUT2D eigenvalue weighted by Gasteiger charge is -2.43. The normalized spacial score (nSPS) is 22.4. The van der Waals surface area contributed by atoms with Gasteiger partial charge in [0, 0.05) is 25.3 Å². The van der Waals surface area contributed by atoms with Crippen LogP contribution in [0.3, 0.4) is 0 Å². The van der Waals surface area contributed by atoms with Crippen LogP contribution in [-0.4, -0.2) is 86.5 Å². The van der Waals surface area contributed by atoms with E-state index in [4.69, 9.17) is 0 Å². The van der Waals surface area contributed by atoms with Crippen molar-refractivity contribution in [1.29, 1.82) is 0 Å². The number of amides is 2. The standard InChI is InChI=1S/C24H31N5O6S/c1-29(33)17-24(28(18-29)19-8-4-2-5-9-19)12-14-27(15-13-24)23(32)25-16-21(22(30)31)26-36(34,35)20-10-6-3-7-11-20/h2-11,21,26H,12-18H2,1H3,(H,25,32)(H,30,31). The Morgan fingerprint density at radius 1 is 1.08 bits per heavy atom. The van der Waals surface area contributed by atoms with Gasteiger partial charge in [-0.1, -0.05) is 36.4 Å². The summed E-state index contributed by atoms with van der Waals surface area (Å²) in [5.41, 5.74) is 0.604. The molecule has 2 aromatic rings. The smallest absolute Gasteiger partial charge is 0.323 e. The van der Waals surface area contributed by atoms with Gasteiger partial charge >= 0.3 is 12.0 Å². The molecule has 2 heterocycles. The number of likely N-dealkylation sites (tertiary alicyclic amines) is 1. The largest absolute Gasteiger partial charge is 0.632 e. The molecule has 3 N–H and O–H groups in total. The van der Waals surface area contributed by atoms with Gasteiger partial charge in [-0.15, -0.1) is 0 Å². The summed E-state index contributed by atoms with van der Waals surface area (Å²) < 4.78 is 26.8. The van der Waals surface area contributed by atoms with Crippen molar-refractivity contribution in [2.24, 2.45) is 0 Å². The van der Waals surface area contributed by atoms with E-state index in [1.807, 2.05) is 30.3 Å². The summed E-state index contributed by atoms with van der Waals surface area (Å²) >= 11 is 0. The Kier molecular flexibility index (Phi) is 7.23. The van der Waals surface area contributed by atoms with Gasteiger partial charge in [0.2, 0.25) is 10.0 Å². The van der Waals surface area contributed by atoms with Crippen LogP contribution < -0.4 is 14.9 Å². The third-order valence-corrected chi connectivity index (χ3v) is 8.29. The molecule has 12 heteroatoms. The monoisotopic (exact) mass is 517 g/mol. The van der Waals surface area contributed by atoms with E-state index in [-0.39, 0.29) is 15.1 Å². The molecule has 0 saturated carbocycles. The fourth-order valence-electron chi connectivity index (χ4n) is 5.06. The van der Waals surface area contributed by atoms with Gasteiger partial charge in [-0.25, -0.2) is 13.2 Å². The number of aliphatic carboxylic acids is 1. The van der Waals surface area contributed by atoms with Gasteiger partial charge in [0.05, 0.1) is 17.5 Å². The molecule has 2 amide bonds. The van der Waals surface area contributed by atoms with Gasteiger partial charge in [0.25, 0.3) is 0 Å². The Morgan fingerprint density at radius 3 is 2.25 bits per heavy atom. The maximum atomic E-state index is 12.9. The number of nitrogens with zero attached hydrogens (tertiary/aromatic N) is 3. The number of hydrogen-bond acceptors (Lipinski definition) is 6. The second kappa shape index (κ2) is 10.1. The molecule has 11 nitrogen and oxygen atoms in total. The van der Waals surface area contributed by atoms with E-state index in [1.165, 1.54) is 24.3 Å². The molecule has 2 aliphatic heterocycles. The fraction of sp³-hybridized carbons (Fsp3) is 0.417. The molecule has 2 aromatic carbocycles. The highest BCUT2D eigenvalue weighted by Crippen LogP contribution is 2.40. The molecule has 2 unspecified atom stereocenters. The lowest BCUT2D eigenvalue weighted by atomic mass is 9.86. The Bertz CT molecular complexity index is 1180. The minimum atomic E-state index is -4.07. The van der Waals surface area contributed by atoms with E-state index < -0.39 is 34.6 Å². The number of piperidine rings is 1. The van der Waals surface area contributed by atoms with Crippen LogP contribution >= 0.6 is 0 Å². The highest BCUT2D eigenvalue weighted by molar-refractivity contribution is 7.89. The number of rotatable bonds is 7. The number of benzene rings is 2. The molecule has 0 aliphatic carbocycles.